The Morgan fingerprint density at radius 3 is 1.87 bits per heavy atom. The molecular weight excluding hydrogens is 339 g/mol. The molecule has 6 heteroatoms. The second-order valence-electron chi connectivity index (χ2n) is 5.29. The monoisotopic (exact) mass is 356 g/mol. The van der Waals surface area contributed by atoms with Gasteiger partial charge in [0.1, 0.15) is 11.9 Å². The lowest BCUT2D eigenvalue weighted by molar-refractivity contribution is -0.0741. The fourth-order valence-electron chi connectivity index (χ4n) is 2.27. The zero-order chi connectivity index (χ0) is 16.9. The van der Waals surface area contributed by atoms with Crippen molar-refractivity contribution in [2.75, 3.05) is 19.8 Å². The summed E-state index contributed by atoms with van der Waals surface area (Å²) in [6.07, 6.45) is -0.879. The Kier molecular flexibility index (Phi) is 6.27. The van der Waals surface area contributed by atoms with Gasteiger partial charge in [0.25, 0.3) is 0 Å². The molecule has 2 aromatic carbocycles. The van der Waals surface area contributed by atoms with Gasteiger partial charge in [-0.05, 0) is 18.2 Å². The maximum atomic E-state index is 9.77. The van der Waals surface area contributed by atoms with Crippen molar-refractivity contribution in [1.82, 2.24) is 0 Å². The van der Waals surface area contributed by atoms with E-state index in [4.69, 9.17) is 27.9 Å². The number of benzene rings is 2. The molecule has 1 atom stereocenters. The number of aliphatic hydroxyl groups excluding tert-OH is 3. The molecule has 0 aromatic heterocycles. The van der Waals surface area contributed by atoms with Crippen LogP contribution in [0.4, 0.5) is 0 Å². The molecule has 0 aliphatic carbocycles. The van der Waals surface area contributed by atoms with Crippen LogP contribution in [-0.4, -0.2) is 35.1 Å². The van der Waals surface area contributed by atoms with E-state index in [-0.39, 0.29) is 0 Å². The largest absolute Gasteiger partial charge is 0.483 e. The molecule has 0 radical (unpaired) electrons. The van der Waals surface area contributed by atoms with Crippen LogP contribution in [-0.2, 0) is 0 Å². The van der Waals surface area contributed by atoms with Crippen LogP contribution in [0.1, 0.15) is 11.7 Å². The van der Waals surface area contributed by atoms with Gasteiger partial charge in [-0.1, -0.05) is 53.5 Å². The molecule has 1 unspecified atom stereocenters. The first-order chi connectivity index (χ1) is 11.1. The summed E-state index contributed by atoms with van der Waals surface area (Å²) in [5.41, 5.74) is -0.768. The van der Waals surface area contributed by atoms with E-state index in [0.29, 0.717) is 21.4 Å². The van der Waals surface area contributed by atoms with E-state index in [1.807, 2.05) is 0 Å². The number of rotatable bonds is 7. The van der Waals surface area contributed by atoms with Crippen LogP contribution in [0.2, 0.25) is 10.0 Å². The predicted octanol–water partition coefficient (Wildman–Crippen LogP) is 3.08. The van der Waals surface area contributed by atoms with Gasteiger partial charge in [0, 0.05) is 10.6 Å². The standard InChI is InChI=1S/C17H18Cl2O4/c18-13-6-2-1-5-12(13)16(17(9-20,10-21)11-22)23-15-8-4-3-7-14(15)19/h1-8,16,20-22H,9-11H2. The molecule has 2 aromatic rings. The first-order valence-electron chi connectivity index (χ1n) is 7.06. The quantitative estimate of drug-likeness (QED) is 0.712. The van der Waals surface area contributed by atoms with Crippen LogP contribution < -0.4 is 4.74 Å². The second kappa shape index (κ2) is 7.99. The zero-order valence-electron chi connectivity index (χ0n) is 12.3. The van der Waals surface area contributed by atoms with Gasteiger partial charge in [0.05, 0.1) is 30.3 Å². The minimum Gasteiger partial charge on any atom is -0.483 e. The molecule has 0 spiro atoms. The fourth-order valence-corrected chi connectivity index (χ4v) is 2.69. The van der Waals surface area contributed by atoms with E-state index in [2.05, 4.69) is 0 Å². The van der Waals surface area contributed by atoms with E-state index >= 15 is 0 Å². The lowest BCUT2D eigenvalue weighted by Crippen LogP contribution is -2.42. The van der Waals surface area contributed by atoms with Gasteiger partial charge >= 0.3 is 0 Å². The topological polar surface area (TPSA) is 69.9 Å². The Morgan fingerprint density at radius 1 is 0.826 bits per heavy atom. The Hall–Kier alpha value is -1.30. The highest BCUT2D eigenvalue weighted by Gasteiger charge is 2.42. The smallest absolute Gasteiger partial charge is 0.138 e. The molecule has 0 heterocycles. The summed E-state index contributed by atoms with van der Waals surface area (Å²) >= 11 is 12.4. The van der Waals surface area contributed by atoms with E-state index < -0.39 is 31.3 Å². The summed E-state index contributed by atoms with van der Waals surface area (Å²) in [7, 11) is 0. The molecule has 0 saturated carbocycles. The average molecular weight is 357 g/mol. The first-order valence-corrected chi connectivity index (χ1v) is 7.82. The molecule has 23 heavy (non-hydrogen) atoms. The molecule has 4 nitrogen and oxygen atoms in total. The second-order valence-corrected chi connectivity index (χ2v) is 6.10. The van der Waals surface area contributed by atoms with Crippen molar-refractivity contribution < 1.29 is 20.1 Å². The van der Waals surface area contributed by atoms with Gasteiger partial charge in [-0.15, -0.1) is 0 Å². The van der Waals surface area contributed by atoms with Crippen LogP contribution in [0.25, 0.3) is 0 Å². The van der Waals surface area contributed by atoms with Crippen molar-refractivity contribution in [3.8, 4) is 5.75 Å². The minimum absolute atomic E-state index is 0.374. The highest BCUT2D eigenvalue weighted by molar-refractivity contribution is 6.32. The Labute approximate surface area is 144 Å². The normalized spacial score (nSPS) is 12.9. The number of aliphatic hydroxyl groups is 3. The van der Waals surface area contributed by atoms with Crippen LogP contribution in [0, 0.1) is 5.41 Å². The summed E-state index contributed by atoms with van der Waals surface area (Å²) in [6.45, 7) is -1.46. The highest BCUT2D eigenvalue weighted by atomic mass is 35.5. The Balaban J connectivity index is 2.52. The van der Waals surface area contributed by atoms with Crippen molar-refractivity contribution in [3.63, 3.8) is 0 Å². The van der Waals surface area contributed by atoms with Gasteiger partial charge in [0.2, 0.25) is 0 Å². The van der Waals surface area contributed by atoms with E-state index in [1.165, 1.54) is 0 Å². The zero-order valence-corrected chi connectivity index (χ0v) is 13.8. The summed E-state index contributed by atoms with van der Waals surface area (Å²) in [6, 6.07) is 13.8. The summed E-state index contributed by atoms with van der Waals surface area (Å²) in [5.74, 6) is 0.374. The van der Waals surface area contributed by atoms with E-state index in [9.17, 15) is 15.3 Å². The van der Waals surface area contributed by atoms with E-state index in [1.54, 1.807) is 48.5 Å². The van der Waals surface area contributed by atoms with Crippen molar-refractivity contribution in [2.45, 2.75) is 6.10 Å². The van der Waals surface area contributed by atoms with Gasteiger partial charge in [-0.3, -0.25) is 0 Å². The van der Waals surface area contributed by atoms with E-state index in [0.717, 1.165) is 0 Å². The Morgan fingerprint density at radius 2 is 1.35 bits per heavy atom. The number of para-hydroxylation sites is 1. The number of hydrogen-bond donors (Lipinski definition) is 3. The van der Waals surface area contributed by atoms with Crippen molar-refractivity contribution in [1.29, 1.82) is 0 Å². The van der Waals surface area contributed by atoms with Gasteiger partial charge in [-0.2, -0.15) is 0 Å². The van der Waals surface area contributed by atoms with Crippen molar-refractivity contribution in [3.05, 3.63) is 64.1 Å². The van der Waals surface area contributed by atoms with Gasteiger partial charge < -0.3 is 20.1 Å². The maximum Gasteiger partial charge on any atom is 0.138 e. The van der Waals surface area contributed by atoms with Crippen LogP contribution in [0.15, 0.2) is 48.5 Å². The number of hydrogen-bond acceptors (Lipinski definition) is 4. The summed E-state index contributed by atoms with van der Waals surface area (Å²) in [5, 5.41) is 30.1. The van der Waals surface area contributed by atoms with Gasteiger partial charge in [0.15, 0.2) is 0 Å². The van der Waals surface area contributed by atoms with Crippen LogP contribution in [0.3, 0.4) is 0 Å². The molecule has 124 valence electrons. The number of ether oxygens (including phenoxy) is 1. The highest BCUT2D eigenvalue weighted by Crippen LogP contribution is 2.41. The molecule has 0 aliphatic rings. The van der Waals surface area contributed by atoms with Crippen LogP contribution >= 0.6 is 23.2 Å². The van der Waals surface area contributed by atoms with Crippen LogP contribution in [0.5, 0.6) is 5.75 Å². The molecule has 3 N–H and O–H groups in total. The summed E-state index contributed by atoms with van der Waals surface area (Å²) in [4.78, 5) is 0. The molecule has 2 rings (SSSR count). The molecule has 0 bridgehead atoms. The molecule has 0 saturated heterocycles. The molecular formula is C17H18Cl2O4. The number of halogens is 2. The summed E-state index contributed by atoms with van der Waals surface area (Å²) < 4.78 is 5.95. The lowest BCUT2D eigenvalue weighted by atomic mass is 9.80. The maximum absolute atomic E-state index is 9.77. The SMILES string of the molecule is OCC(CO)(CO)C(Oc1ccccc1Cl)c1ccccc1Cl. The molecule has 0 amide bonds. The first kappa shape index (κ1) is 18.0. The third kappa shape index (κ3) is 3.79. The third-order valence-electron chi connectivity index (χ3n) is 3.77. The van der Waals surface area contributed by atoms with Gasteiger partial charge in [-0.25, -0.2) is 0 Å². The third-order valence-corrected chi connectivity index (χ3v) is 4.43. The van der Waals surface area contributed by atoms with Crippen molar-refractivity contribution >= 4 is 23.2 Å². The van der Waals surface area contributed by atoms with Crippen molar-refractivity contribution in [2.24, 2.45) is 5.41 Å². The molecule has 0 fully saturated rings. The average Bonchev–Trinajstić information content (AvgIpc) is 2.58. The minimum atomic E-state index is -1.32. The predicted molar refractivity (Wildman–Crippen MR) is 90.0 cm³/mol. The lowest BCUT2D eigenvalue weighted by Gasteiger charge is -2.37. The molecule has 0 aliphatic heterocycles. The Bertz CT molecular complexity index is 636. The fraction of sp³-hybridized carbons (Fsp3) is 0.294.